The van der Waals surface area contributed by atoms with Crippen LogP contribution in [0, 0.1) is 13.8 Å². The van der Waals surface area contributed by atoms with Crippen molar-refractivity contribution in [1.82, 2.24) is 10.3 Å². The van der Waals surface area contributed by atoms with Gasteiger partial charge in [-0.3, -0.25) is 14.6 Å². The lowest BCUT2D eigenvalue weighted by Gasteiger charge is -2.16. The molecule has 0 aliphatic heterocycles. The van der Waals surface area contributed by atoms with Gasteiger partial charge < -0.3 is 11.1 Å². The first-order valence-corrected chi connectivity index (χ1v) is 7.03. The van der Waals surface area contributed by atoms with Crippen molar-refractivity contribution in [3.05, 3.63) is 65.0 Å². The van der Waals surface area contributed by atoms with Crippen LogP contribution in [-0.2, 0) is 11.2 Å². The van der Waals surface area contributed by atoms with Crippen molar-refractivity contribution in [2.75, 3.05) is 0 Å². The van der Waals surface area contributed by atoms with Crippen molar-refractivity contribution in [2.24, 2.45) is 5.73 Å². The highest BCUT2D eigenvalue weighted by atomic mass is 16.2. The summed E-state index contributed by atoms with van der Waals surface area (Å²) in [6.45, 7) is 4.03. The van der Waals surface area contributed by atoms with Crippen molar-refractivity contribution in [3.63, 3.8) is 0 Å². The lowest BCUT2D eigenvalue weighted by molar-refractivity contribution is -0.119. The van der Waals surface area contributed by atoms with Crippen LogP contribution in [0.2, 0.25) is 0 Å². The van der Waals surface area contributed by atoms with Gasteiger partial charge in [-0.05, 0) is 42.7 Å². The Kier molecular flexibility index (Phi) is 4.88. The highest BCUT2D eigenvalue weighted by Crippen LogP contribution is 2.12. The molecule has 1 heterocycles. The highest BCUT2D eigenvalue weighted by molar-refractivity contribution is 5.97. The number of amides is 2. The normalized spacial score (nSPS) is 11.7. The molecule has 0 aliphatic carbocycles. The van der Waals surface area contributed by atoms with Crippen LogP contribution < -0.4 is 11.1 Å². The van der Waals surface area contributed by atoms with E-state index >= 15 is 0 Å². The van der Waals surface area contributed by atoms with Gasteiger partial charge in [-0.15, -0.1) is 0 Å². The monoisotopic (exact) mass is 297 g/mol. The minimum absolute atomic E-state index is 0.360. The first-order valence-electron chi connectivity index (χ1n) is 7.03. The number of hydrogen-bond acceptors (Lipinski definition) is 3. The molecule has 114 valence electrons. The molecule has 5 heteroatoms. The molecule has 1 aromatic heterocycles. The number of aromatic nitrogens is 1. The number of primary amides is 1. The summed E-state index contributed by atoms with van der Waals surface area (Å²) in [6, 6.07) is 8.48. The number of nitrogens with one attached hydrogen (secondary N) is 1. The smallest absolute Gasteiger partial charge is 0.253 e. The number of rotatable bonds is 5. The summed E-state index contributed by atoms with van der Waals surface area (Å²) in [4.78, 5) is 27.6. The highest BCUT2D eigenvalue weighted by Gasteiger charge is 2.19. The standard InChI is InChI=1S/C17H19N3O2/c1-11-5-6-13(8-12(11)2)9-15(16(18)21)20-17(22)14-4-3-7-19-10-14/h3-8,10,15H,9H2,1-2H3,(H2,18,21)(H,20,22)/t15-/m0/s1. The third kappa shape index (κ3) is 3.91. The number of aryl methyl sites for hydroxylation is 2. The van der Waals surface area contributed by atoms with E-state index in [1.54, 1.807) is 18.3 Å². The van der Waals surface area contributed by atoms with Crippen LogP contribution in [0.25, 0.3) is 0 Å². The fourth-order valence-corrected chi connectivity index (χ4v) is 2.13. The molecule has 2 amide bonds. The predicted octanol–water partition coefficient (Wildman–Crippen LogP) is 1.52. The van der Waals surface area contributed by atoms with E-state index in [0.29, 0.717) is 12.0 Å². The maximum absolute atomic E-state index is 12.1. The first kappa shape index (κ1) is 15.7. The summed E-state index contributed by atoms with van der Waals surface area (Å²) in [7, 11) is 0. The SMILES string of the molecule is Cc1ccc(C[C@H](NC(=O)c2cccnc2)C(N)=O)cc1C. The zero-order valence-electron chi connectivity index (χ0n) is 12.7. The van der Waals surface area contributed by atoms with Gasteiger partial charge in [0, 0.05) is 18.8 Å². The minimum atomic E-state index is -0.755. The van der Waals surface area contributed by atoms with Gasteiger partial charge >= 0.3 is 0 Å². The molecule has 0 saturated carbocycles. The van der Waals surface area contributed by atoms with Crippen molar-refractivity contribution >= 4 is 11.8 Å². The summed E-state index contributed by atoms with van der Waals surface area (Å²) < 4.78 is 0. The Balaban J connectivity index is 2.12. The van der Waals surface area contributed by atoms with Gasteiger partial charge in [0.15, 0.2) is 0 Å². The van der Waals surface area contributed by atoms with E-state index < -0.39 is 11.9 Å². The summed E-state index contributed by atoms with van der Waals surface area (Å²) in [5, 5.41) is 2.66. The van der Waals surface area contributed by atoms with E-state index in [4.69, 9.17) is 5.73 Å². The molecule has 0 fully saturated rings. The van der Waals surface area contributed by atoms with E-state index in [0.717, 1.165) is 11.1 Å². The van der Waals surface area contributed by atoms with Crippen molar-refractivity contribution in [2.45, 2.75) is 26.3 Å². The van der Waals surface area contributed by atoms with E-state index in [9.17, 15) is 9.59 Å². The Morgan fingerprint density at radius 1 is 1.23 bits per heavy atom. The van der Waals surface area contributed by atoms with Crippen LogP contribution in [0.1, 0.15) is 27.0 Å². The molecule has 0 aliphatic rings. The van der Waals surface area contributed by atoms with Gasteiger partial charge in [-0.2, -0.15) is 0 Å². The molecule has 0 bridgehead atoms. The van der Waals surface area contributed by atoms with Crippen LogP contribution in [0.3, 0.4) is 0 Å². The summed E-state index contributed by atoms with van der Waals surface area (Å²) in [6.07, 6.45) is 3.39. The quantitative estimate of drug-likeness (QED) is 0.877. The van der Waals surface area contributed by atoms with E-state index in [1.165, 1.54) is 11.8 Å². The molecular formula is C17H19N3O2. The second-order valence-corrected chi connectivity index (χ2v) is 5.29. The average molecular weight is 297 g/mol. The Morgan fingerprint density at radius 2 is 2.00 bits per heavy atom. The number of hydrogen-bond donors (Lipinski definition) is 2. The van der Waals surface area contributed by atoms with E-state index in [2.05, 4.69) is 10.3 Å². The zero-order chi connectivity index (χ0) is 16.1. The van der Waals surface area contributed by atoms with Crippen LogP contribution >= 0.6 is 0 Å². The minimum Gasteiger partial charge on any atom is -0.368 e. The number of benzene rings is 1. The Hall–Kier alpha value is -2.69. The molecule has 0 unspecified atom stereocenters. The maximum atomic E-state index is 12.1. The Morgan fingerprint density at radius 3 is 2.59 bits per heavy atom. The van der Waals surface area contributed by atoms with Crippen molar-refractivity contribution < 1.29 is 9.59 Å². The van der Waals surface area contributed by atoms with Crippen molar-refractivity contribution in [3.8, 4) is 0 Å². The molecule has 0 spiro atoms. The van der Waals surface area contributed by atoms with Gasteiger partial charge in [0.2, 0.25) is 5.91 Å². The number of carbonyl (C=O) groups is 2. The molecule has 2 rings (SSSR count). The van der Waals surface area contributed by atoms with Gasteiger partial charge in [-0.25, -0.2) is 0 Å². The lowest BCUT2D eigenvalue weighted by atomic mass is 10.0. The van der Waals surface area contributed by atoms with Gasteiger partial charge in [0.1, 0.15) is 6.04 Å². The molecule has 1 atom stereocenters. The predicted molar refractivity (Wildman–Crippen MR) is 84.3 cm³/mol. The largest absolute Gasteiger partial charge is 0.368 e. The van der Waals surface area contributed by atoms with E-state index in [1.807, 2.05) is 32.0 Å². The second-order valence-electron chi connectivity index (χ2n) is 5.29. The summed E-state index contributed by atoms with van der Waals surface area (Å²) in [5.41, 5.74) is 9.08. The van der Waals surface area contributed by atoms with Gasteiger partial charge in [0.25, 0.3) is 5.91 Å². The van der Waals surface area contributed by atoms with Crippen molar-refractivity contribution in [1.29, 1.82) is 0 Å². The molecule has 0 saturated heterocycles. The molecule has 2 aromatic rings. The fourth-order valence-electron chi connectivity index (χ4n) is 2.13. The molecule has 22 heavy (non-hydrogen) atoms. The Labute approximate surface area is 129 Å². The second kappa shape index (κ2) is 6.85. The molecule has 1 aromatic carbocycles. The third-order valence-corrected chi connectivity index (χ3v) is 3.58. The molecule has 3 N–H and O–H groups in total. The number of pyridine rings is 1. The van der Waals surface area contributed by atoms with Crippen LogP contribution in [0.4, 0.5) is 0 Å². The number of nitrogens with zero attached hydrogens (tertiary/aromatic N) is 1. The molecule has 5 nitrogen and oxygen atoms in total. The topological polar surface area (TPSA) is 85.1 Å². The molecular weight excluding hydrogens is 278 g/mol. The van der Waals surface area contributed by atoms with Crippen LogP contribution in [0.15, 0.2) is 42.7 Å². The fraction of sp³-hybridized carbons (Fsp3) is 0.235. The molecule has 0 radical (unpaired) electrons. The zero-order valence-corrected chi connectivity index (χ0v) is 12.7. The number of nitrogens with two attached hydrogens (primary N) is 1. The Bertz CT molecular complexity index is 684. The summed E-state index contributed by atoms with van der Waals surface area (Å²) >= 11 is 0. The lowest BCUT2D eigenvalue weighted by Crippen LogP contribution is -2.45. The average Bonchev–Trinajstić information content (AvgIpc) is 2.51. The number of carbonyl (C=O) groups excluding carboxylic acids is 2. The van der Waals surface area contributed by atoms with E-state index in [-0.39, 0.29) is 5.91 Å². The van der Waals surface area contributed by atoms with Gasteiger partial charge in [0.05, 0.1) is 5.56 Å². The van der Waals surface area contributed by atoms with Gasteiger partial charge in [-0.1, -0.05) is 18.2 Å². The van der Waals surface area contributed by atoms with Crippen LogP contribution in [0.5, 0.6) is 0 Å². The summed E-state index contributed by atoms with van der Waals surface area (Å²) in [5.74, 6) is -0.920. The first-order chi connectivity index (χ1) is 10.5. The third-order valence-electron chi connectivity index (χ3n) is 3.58. The maximum Gasteiger partial charge on any atom is 0.253 e. The van der Waals surface area contributed by atoms with Crippen LogP contribution in [-0.4, -0.2) is 22.8 Å².